The van der Waals surface area contributed by atoms with Gasteiger partial charge in [-0.2, -0.15) is 5.26 Å². The van der Waals surface area contributed by atoms with E-state index in [0.29, 0.717) is 16.3 Å². The van der Waals surface area contributed by atoms with Crippen molar-refractivity contribution >= 4 is 25.7 Å². The molecular weight excluding hydrogens is 409 g/mol. The number of nitrogens with zero attached hydrogens (tertiary/aromatic N) is 3. The number of benzene rings is 1. The highest BCUT2D eigenvalue weighted by Gasteiger charge is 2.45. The summed E-state index contributed by atoms with van der Waals surface area (Å²) in [4.78, 5) is 5.62. The summed E-state index contributed by atoms with van der Waals surface area (Å²) < 4.78 is 20.4. The number of halogens is 2. The fourth-order valence-electron chi connectivity index (χ4n) is 3.01. The third kappa shape index (κ3) is 4.11. The van der Waals surface area contributed by atoms with Gasteiger partial charge in [0.1, 0.15) is 17.4 Å². The summed E-state index contributed by atoms with van der Waals surface area (Å²) in [7, 11) is -2.00. The van der Waals surface area contributed by atoms with E-state index in [4.69, 9.17) is 21.3 Å². The first-order valence-corrected chi connectivity index (χ1v) is 12.7. The lowest BCUT2D eigenvalue weighted by molar-refractivity contribution is 0.00675. The van der Waals surface area contributed by atoms with Crippen molar-refractivity contribution in [1.82, 2.24) is 4.98 Å². The van der Waals surface area contributed by atoms with E-state index in [1.165, 1.54) is 6.20 Å². The summed E-state index contributed by atoms with van der Waals surface area (Å²) in [5, 5.41) is 20.3. The smallest absolute Gasteiger partial charge is 0.250 e. The molecule has 1 saturated heterocycles. The molecule has 1 aromatic heterocycles. The molecule has 0 aliphatic carbocycles. The van der Waals surface area contributed by atoms with Crippen molar-refractivity contribution in [2.45, 2.75) is 44.5 Å². The minimum atomic E-state index is -2.00. The predicted molar refractivity (Wildman–Crippen MR) is 114 cm³/mol. The van der Waals surface area contributed by atoms with Crippen LogP contribution in [0.4, 0.5) is 10.2 Å². The van der Waals surface area contributed by atoms with Crippen LogP contribution in [-0.2, 0) is 5.60 Å². The molecule has 0 amide bonds. The molecule has 5 nitrogen and oxygen atoms in total. The number of hydrogen-bond donors (Lipinski definition) is 1. The Morgan fingerprint density at radius 1 is 1.31 bits per heavy atom. The molecule has 2 aromatic rings. The topological polar surface area (TPSA) is 69.4 Å². The van der Waals surface area contributed by atoms with E-state index in [2.05, 4.69) is 38.8 Å². The Bertz CT molecular complexity index is 979. The third-order valence-corrected chi connectivity index (χ3v) is 10.4. The fourth-order valence-corrected chi connectivity index (χ4v) is 4.38. The van der Waals surface area contributed by atoms with Gasteiger partial charge in [0.25, 0.3) is 0 Å². The minimum Gasteiger partial charge on any atom is -0.543 e. The molecule has 8 heteroatoms. The molecule has 1 N–H and O–H groups in total. The van der Waals surface area contributed by atoms with Gasteiger partial charge in [-0.1, -0.05) is 38.4 Å². The molecule has 0 bridgehead atoms. The molecule has 0 atom stereocenters. The average Bonchev–Trinajstić information content (AvgIpc) is 2.58. The molecule has 1 aliphatic heterocycles. The normalized spacial score (nSPS) is 16.2. The van der Waals surface area contributed by atoms with Crippen LogP contribution < -0.4 is 9.33 Å². The average molecular weight is 434 g/mol. The molecule has 1 aromatic carbocycles. The fraction of sp³-hybridized carbons (Fsp3) is 0.429. The van der Waals surface area contributed by atoms with E-state index in [-0.39, 0.29) is 29.5 Å². The maximum absolute atomic E-state index is 14.2. The number of β-amino-alcohol motifs (C(OH)–C–C–N with tert-alkyl or cyclic N) is 1. The Morgan fingerprint density at radius 3 is 2.48 bits per heavy atom. The molecule has 2 heterocycles. The largest absolute Gasteiger partial charge is 0.543 e. The number of nitriles is 1. The van der Waals surface area contributed by atoms with Gasteiger partial charge in [-0.15, -0.1) is 0 Å². The van der Waals surface area contributed by atoms with Crippen LogP contribution in [0.2, 0.25) is 23.2 Å². The van der Waals surface area contributed by atoms with Crippen molar-refractivity contribution < 1.29 is 13.9 Å². The summed E-state index contributed by atoms with van der Waals surface area (Å²) >= 11 is 6.47. The van der Waals surface area contributed by atoms with Gasteiger partial charge in [-0.05, 0) is 36.3 Å². The summed E-state index contributed by atoms with van der Waals surface area (Å²) in [5.74, 6) is 0.211. The molecule has 0 saturated carbocycles. The van der Waals surface area contributed by atoms with Crippen molar-refractivity contribution in [1.29, 1.82) is 5.26 Å². The van der Waals surface area contributed by atoms with Crippen molar-refractivity contribution in [2.75, 3.05) is 18.0 Å². The lowest BCUT2D eigenvalue weighted by Crippen LogP contribution is -2.60. The van der Waals surface area contributed by atoms with Crippen molar-refractivity contribution in [3.05, 3.63) is 52.4 Å². The second-order valence-corrected chi connectivity index (χ2v) is 14.2. The van der Waals surface area contributed by atoms with E-state index in [1.807, 2.05) is 12.1 Å². The minimum absolute atomic E-state index is 0.0585. The number of aromatic nitrogens is 1. The SMILES string of the molecule is CC(C)(C)[Si](C)(C)Oc1ccc(C2(O)CN(c3ncc(C#N)cc3F)C2)c(Cl)c1. The predicted octanol–water partition coefficient (Wildman–Crippen LogP) is 4.84. The standard InChI is InChI=1S/C21H25ClFN3O2Si/c1-20(2,3)29(4,5)28-15-6-7-16(17(22)9-15)21(27)12-26(13-21)19-18(23)8-14(10-24)11-25-19/h6-9,11,27H,12-13H2,1-5H3. The van der Waals surface area contributed by atoms with Crippen molar-refractivity contribution in [3.8, 4) is 11.8 Å². The summed E-state index contributed by atoms with van der Waals surface area (Å²) in [6.45, 7) is 11.1. The first-order valence-electron chi connectivity index (χ1n) is 9.38. The number of anilines is 1. The van der Waals surface area contributed by atoms with Crippen LogP contribution >= 0.6 is 11.6 Å². The third-order valence-electron chi connectivity index (χ3n) is 5.78. The molecule has 0 unspecified atom stereocenters. The van der Waals surface area contributed by atoms with Gasteiger partial charge < -0.3 is 14.4 Å². The van der Waals surface area contributed by atoms with Crippen LogP contribution in [-0.4, -0.2) is 31.5 Å². The monoisotopic (exact) mass is 433 g/mol. The zero-order valence-electron chi connectivity index (χ0n) is 17.3. The Labute approximate surface area is 176 Å². The van der Waals surface area contributed by atoms with Gasteiger partial charge in [0.15, 0.2) is 11.6 Å². The zero-order chi connectivity index (χ0) is 21.6. The molecule has 154 valence electrons. The zero-order valence-corrected chi connectivity index (χ0v) is 19.0. The quantitative estimate of drug-likeness (QED) is 0.699. The van der Waals surface area contributed by atoms with E-state index < -0.39 is 19.7 Å². The van der Waals surface area contributed by atoms with E-state index in [0.717, 1.165) is 6.07 Å². The summed E-state index contributed by atoms with van der Waals surface area (Å²) in [6, 6.07) is 8.32. The van der Waals surface area contributed by atoms with E-state index in [9.17, 15) is 9.50 Å². The summed E-state index contributed by atoms with van der Waals surface area (Å²) in [5.41, 5.74) is -0.469. The lowest BCUT2D eigenvalue weighted by Gasteiger charge is -2.47. The van der Waals surface area contributed by atoms with Gasteiger partial charge in [-0.25, -0.2) is 9.37 Å². The first kappa shape index (κ1) is 21.6. The van der Waals surface area contributed by atoms with Gasteiger partial charge in [-0.3, -0.25) is 0 Å². The maximum Gasteiger partial charge on any atom is 0.250 e. The van der Waals surface area contributed by atoms with Crippen molar-refractivity contribution in [2.24, 2.45) is 0 Å². The van der Waals surface area contributed by atoms with Crippen molar-refractivity contribution in [3.63, 3.8) is 0 Å². The van der Waals surface area contributed by atoms with E-state index >= 15 is 0 Å². The van der Waals surface area contributed by atoms with Gasteiger partial charge in [0, 0.05) is 11.8 Å². The number of aliphatic hydroxyl groups is 1. The van der Waals surface area contributed by atoms with Crippen LogP contribution in [0, 0.1) is 17.1 Å². The molecular formula is C21H25ClFN3O2Si. The Kier molecular flexibility index (Phi) is 5.41. The Balaban J connectivity index is 1.76. The van der Waals surface area contributed by atoms with Gasteiger partial charge in [0.05, 0.1) is 23.7 Å². The number of rotatable bonds is 4. The molecule has 0 radical (unpaired) electrons. The van der Waals surface area contributed by atoms with Crippen LogP contribution in [0.1, 0.15) is 31.9 Å². The highest BCUT2D eigenvalue weighted by molar-refractivity contribution is 6.74. The summed E-state index contributed by atoms with van der Waals surface area (Å²) in [6.07, 6.45) is 1.32. The molecule has 0 spiro atoms. The lowest BCUT2D eigenvalue weighted by atomic mass is 9.86. The molecule has 29 heavy (non-hydrogen) atoms. The van der Waals surface area contributed by atoms with Crippen LogP contribution in [0.25, 0.3) is 0 Å². The Hall–Kier alpha value is -2.14. The van der Waals surface area contributed by atoms with Crippen LogP contribution in [0.5, 0.6) is 5.75 Å². The Morgan fingerprint density at radius 2 is 1.97 bits per heavy atom. The van der Waals surface area contributed by atoms with Gasteiger partial charge >= 0.3 is 0 Å². The van der Waals surface area contributed by atoms with Crippen LogP contribution in [0.15, 0.2) is 30.5 Å². The number of hydrogen-bond acceptors (Lipinski definition) is 5. The molecule has 3 rings (SSSR count). The molecule has 1 aliphatic rings. The highest BCUT2D eigenvalue weighted by atomic mass is 35.5. The maximum atomic E-state index is 14.2. The first-order chi connectivity index (χ1) is 13.4. The number of pyridine rings is 1. The van der Waals surface area contributed by atoms with Gasteiger partial charge in [0.2, 0.25) is 8.32 Å². The second-order valence-electron chi connectivity index (χ2n) is 9.03. The van der Waals surface area contributed by atoms with E-state index in [1.54, 1.807) is 17.0 Å². The highest BCUT2D eigenvalue weighted by Crippen LogP contribution is 2.42. The van der Waals surface area contributed by atoms with Crippen LogP contribution in [0.3, 0.4) is 0 Å². The second kappa shape index (κ2) is 7.28. The molecule has 1 fully saturated rings.